The van der Waals surface area contributed by atoms with Crippen molar-refractivity contribution in [3.05, 3.63) is 145 Å². The lowest BCUT2D eigenvalue weighted by Crippen LogP contribution is -2.33. The van der Waals surface area contributed by atoms with Gasteiger partial charge in [-0.25, -0.2) is 33.6 Å². The molecule has 1 unspecified atom stereocenters. The molecule has 4 aromatic carbocycles. The Balaban J connectivity index is 0.876. The van der Waals surface area contributed by atoms with E-state index in [0.717, 1.165) is 12.2 Å². The smallest absolute Gasteiger partial charge is 0.463 e. The Morgan fingerprint density at radius 1 is 0.457 bits per heavy atom. The van der Waals surface area contributed by atoms with Crippen LogP contribution in [0.25, 0.3) is 0 Å². The first-order chi connectivity index (χ1) is 33.9. The minimum absolute atomic E-state index is 0.0532. The lowest BCUT2D eigenvalue weighted by molar-refractivity contribution is -0.138. The van der Waals surface area contributed by atoms with Gasteiger partial charge in [0.05, 0.1) is 62.4 Å². The van der Waals surface area contributed by atoms with Crippen LogP contribution < -0.4 is 18.9 Å². The lowest BCUT2D eigenvalue weighted by atomic mass is 9.93. The molecule has 19 nitrogen and oxygen atoms in total. The summed E-state index contributed by atoms with van der Waals surface area (Å²) in [7, 11) is 0. The van der Waals surface area contributed by atoms with Crippen molar-refractivity contribution in [2.45, 2.75) is 50.4 Å². The van der Waals surface area contributed by atoms with Crippen LogP contribution in [0.15, 0.2) is 122 Å². The van der Waals surface area contributed by atoms with Gasteiger partial charge in [0.15, 0.2) is 11.9 Å². The second kappa shape index (κ2) is 25.8. The monoisotopic (exact) mass is 964 g/mol. The van der Waals surface area contributed by atoms with E-state index >= 15 is 0 Å². The van der Waals surface area contributed by atoms with Crippen LogP contribution in [0.5, 0.6) is 23.0 Å². The fourth-order valence-electron chi connectivity index (χ4n) is 6.83. The highest BCUT2D eigenvalue weighted by atomic mass is 16.7. The Hall–Kier alpha value is -8.16. The quantitative estimate of drug-likeness (QED) is 0.0134. The molecule has 2 aliphatic heterocycles. The fourth-order valence-corrected chi connectivity index (χ4v) is 6.83. The number of rotatable bonds is 23. The van der Waals surface area contributed by atoms with Crippen molar-refractivity contribution in [3.8, 4) is 23.0 Å². The molecule has 0 aliphatic carbocycles. The summed E-state index contributed by atoms with van der Waals surface area (Å²) in [5, 5.41) is 0. The molecule has 70 heavy (non-hydrogen) atoms. The van der Waals surface area contributed by atoms with Gasteiger partial charge in [0.2, 0.25) is 0 Å². The predicted molar refractivity (Wildman–Crippen MR) is 242 cm³/mol. The zero-order valence-corrected chi connectivity index (χ0v) is 37.7. The Morgan fingerprint density at radius 3 is 1.26 bits per heavy atom. The van der Waals surface area contributed by atoms with Gasteiger partial charge in [-0.1, -0.05) is 13.2 Å². The molecule has 2 aliphatic rings. The van der Waals surface area contributed by atoms with Crippen molar-refractivity contribution in [2.75, 3.05) is 39.6 Å². The molecule has 0 radical (unpaired) electrons. The van der Waals surface area contributed by atoms with E-state index in [0.29, 0.717) is 31.2 Å². The number of fused-ring (bicyclic) bond motifs is 1. The molecule has 0 N–H and O–H groups in total. The third kappa shape index (κ3) is 15.4. The molecule has 4 aromatic rings. The fraction of sp³-hybridized carbons (Fsp3) is 0.294. The molecule has 2 fully saturated rings. The summed E-state index contributed by atoms with van der Waals surface area (Å²) in [6.07, 6.45) is 0.372. The van der Waals surface area contributed by atoms with Gasteiger partial charge in [-0.05, 0) is 123 Å². The van der Waals surface area contributed by atoms with E-state index in [1.54, 1.807) is 0 Å². The van der Waals surface area contributed by atoms with Crippen molar-refractivity contribution >= 4 is 47.9 Å². The Kier molecular flexibility index (Phi) is 18.9. The topological polar surface area (TPSA) is 238 Å². The Bertz CT molecular complexity index is 2320. The average Bonchev–Trinajstić information content (AvgIpc) is 3.96. The van der Waals surface area contributed by atoms with Crippen LogP contribution in [0, 0.1) is 5.92 Å². The molecule has 2 saturated heterocycles. The minimum atomic E-state index is -0.939. The van der Waals surface area contributed by atoms with E-state index in [4.69, 9.17) is 52.1 Å². The zero-order chi connectivity index (χ0) is 49.8. The third-order valence-corrected chi connectivity index (χ3v) is 10.4. The summed E-state index contributed by atoms with van der Waals surface area (Å²) >= 11 is 0. The highest BCUT2D eigenvalue weighted by molar-refractivity contribution is 5.97. The molecule has 2 heterocycles. The van der Waals surface area contributed by atoms with Gasteiger partial charge in [0.25, 0.3) is 0 Å². The van der Waals surface area contributed by atoms with Crippen LogP contribution in [0.4, 0.5) is 9.59 Å². The van der Waals surface area contributed by atoms with Gasteiger partial charge in [0, 0.05) is 30.1 Å². The molecule has 0 spiro atoms. The summed E-state index contributed by atoms with van der Waals surface area (Å²) in [4.78, 5) is 97.9. The normalized spacial score (nSPS) is 16.6. The molecule has 4 atom stereocenters. The number of ether oxygens (including phenoxy) is 11. The first-order valence-corrected chi connectivity index (χ1v) is 22.0. The van der Waals surface area contributed by atoms with Gasteiger partial charge in [0.1, 0.15) is 29.1 Å². The lowest BCUT2D eigenvalue weighted by Gasteiger charge is -2.17. The highest BCUT2D eigenvalue weighted by Crippen LogP contribution is 2.35. The number of hydrogen-bond donors (Lipinski definition) is 0. The van der Waals surface area contributed by atoms with Crippen LogP contribution in [-0.4, -0.2) is 106 Å². The Morgan fingerprint density at radius 2 is 0.829 bits per heavy atom. The SMILES string of the molecule is C=CC(=O)OCCCCOC(=O)Oc1ccc(C(=O)Oc2ccc(C(=O)CC3CO[C@H]4[C@@H]3OC[C@H]4OC(=O)c3ccc(OC(=O)c4ccc(OC(=O)OCCCCOC(=O)C=C)cc4)cc3)cc2)cc1. The van der Waals surface area contributed by atoms with Crippen LogP contribution in [0.1, 0.15) is 73.5 Å². The van der Waals surface area contributed by atoms with Crippen LogP contribution >= 0.6 is 0 Å². The van der Waals surface area contributed by atoms with Gasteiger partial charge in [-0.3, -0.25) is 4.79 Å². The van der Waals surface area contributed by atoms with E-state index < -0.39 is 60.5 Å². The average molecular weight is 965 g/mol. The number of carbonyl (C=O) groups excluding carboxylic acids is 8. The number of benzene rings is 4. The van der Waals surface area contributed by atoms with Crippen LogP contribution in [-0.2, 0) is 42.7 Å². The molecular weight excluding hydrogens is 917 g/mol. The van der Waals surface area contributed by atoms with Gasteiger partial charge < -0.3 is 52.1 Å². The maximum atomic E-state index is 13.3. The number of ketones is 1. The third-order valence-electron chi connectivity index (χ3n) is 10.4. The molecule has 0 amide bonds. The zero-order valence-electron chi connectivity index (χ0n) is 37.7. The summed E-state index contributed by atoms with van der Waals surface area (Å²) in [5.74, 6) is -2.98. The highest BCUT2D eigenvalue weighted by Gasteiger charge is 2.49. The first-order valence-electron chi connectivity index (χ1n) is 22.0. The first kappa shape index (κ1) is 51.2. The van der Waals surface area contributed by atoms with Crippen molar-refractivity contribution in [1.29, 1.82) is 0 Å². The maximum absolute atomic E-state index is 13.3. The van der Waals surface area contributed by atoms with Gasteiger partial charge in [-0.15, -0.1) is 0 Å². The molecule has 19 heteroatoms. The van der Waals surface area contributed by atoms with Crippen molar-refractivity contribution in [1.82, 2.24) is 0 Å². The van der Waals surface area contributed by atoms with E-state index in [-0.39, 0.29) is 97.5 Å². The standard InChI is InChI=1S/C51H48O19/c1-3-43(53)60-25-5-7-27-62-50(58)68-39-21-13-33(14-22-39)47(55)66-37-17-9-32(10-18-37)41(52)29-36-30-64-46-42(31-65-45(36)46)70-49(57)35-11-19-38(20-12-35)67-48(56)34-15-23-40(24-16-34)69-51(59)63-28-8-6-26-61-44(54)4-2/h3-4,9-24,36,42,45-46H,1-2,5-8,25-31H2/t36?,42-,45-,46-/m1/s1. The maximum Gasteiger partial charge on any atom is 0.513 e. The van der Waals surface area contributed by atoms with Gasteiger partial charge in [-0.2, -0.15) is 0 Å². The number of unbranched alkanes of at least 4 members (excludes halogenated alkanes) is 2. The number of hydrogen-bond acceptors (Lipinski definition) is 19. The van der Waals surface area contributed by atoms with Gasteiger partial charge >= 0.3 is 42.2 Å². The molecule has 0 aromatic heterocycles. The van der Waals surface area contributed by atoms with E-state index in [1.807, 2.05) is 0 Å². The molecule has 0 saturated carbocycles. The molecule has 366 valence electrons. The summed E-state index contributed by atoms with van der Waals surface area (Å²) in [6, 6.07) is 23.0. The van der Waals surface area contributed by atoms with E-state index in [9.17, 15) is 38.4 Å². The van der Waals surface area contributed by atoms with Crippen LogP contribution in [0.3, 0.4) is 0 Å². The number of esters is 5. The van der Waals surface area contributed by atoms with Crippen molar-refractivity contribution < 1.29 is 90.5 Å². The number of carbonyl (C=O) groups is 8. The second-order valence-corrected chi connectivity index (χ2v) is 15.4. The molecule has 0 bridgehead atoms. The predicted octanol–water partition coefficient (Wildman–Crippen LogP) is 7.39. The van der Waals surface area contributed by atoms with E-state index in [1.165, 1.54) is 97.1 Å². The molecule has 6 rings (SSSR count). The minimum Gasteiger partial charge on any atom is -0.463 e. The number of Topliss-reactive ketones (excluding diaryl/α,β-unsaturated/α-hetero) is 1. The second-order valence-electron chi connectivity index (χ2n) is 15.4. The Labute approximate surface area is 401 Å². The molecular formula is C51H48O19. The van der Waals surface area contributed by atoms with Crippen LogP contribution in [0.2, 0.25) is 0 Å². The summed E-state index contributed by atoms with van der Waals surface area (Å²) < 4.78 is 58.4. The summed E-state index contributed by atoms with van der Waals surface area (Å²) in [6.45, 7) is 7.31. The largest absolute Gasteiger partial charge is 0.513 e. The summed E-state index contributed by atoms with van der Waals surface area (Å²) in [5.41, 5.74) is 0.902. The van der Waals surface area contributed by atoms with Crippen molar-refractivity contribution in [3.63, 3.8) is 0 Å². The van der Waals surface area contributed by atoms with E-state index in [2.05, 4.69) is 13.2 Å². The van der Waals surface area contributed by atoms with Crippen molar-refractivity contribution in [2.24, 2.45) is 5.92 Å².